The molecule has 110 valence electrons. The number of hydrogen-bond donors (Lipinski definition) is 0. The molecule has 1 aliphatic carbocycles. The van der Waals surface area contributed by atoms with Crippen LogP contribution in [0, 0.1) is 13.8 Å². The summed E-state index contributed by atoms with van der Waals surface area (Å²) < 4.78 is 4.59. The van der Waals surface area contributed by atoms with Gasteiger partial charge >= 0.3 is 0 Å². The summed E-state index contributed by atoms with van der Waals surface area (Å²) >= 11 is 7.45. The zero-order chi connectivity index (χ0) is 15.7. The zero-order valence-corrected chi connectivity index (χ0v) is 13.8. The molecular weight excluding hydrogens is 314 g/mol. The Morgan fingerprint density at radius 2 is 1.77 bits per heavy atom. The van der Waals surface area contributed by atoms with E-state index in [1.54, 1.807) is 12.1 Å². The van der Waals surface area contributed by atoms with Crippen molar-refractivity contribution in [2.45, 2.75) is 18.7 Å². The molecular formula is C18H14ClNOS. The lowest BCUT2D eigenvalue weighted by Gasteiger charge is -2.14. The molecule has 2 aromatic rings. The van der Waals surface area contributed by atoms with Gasteiger partial charge in [-0.3, -0.25) is 4.79 Å². The number of carbonyl (C=O) groups is 1. The van der Waals surface area contributed by atoms with Gasteiger partial charge in [-0.2, -0.15) is 0 Å². The molecule has 2 aromatic carbocycles. The van der Waals surface area contributed by atoms with Gasteiger partial charge in [-0.1, -0.05) is 53.6 Å². The Bertz CT molecular complexity index is 824. The van der Waals surface area contributed by atoms with Gasteiger partial charge < -0.3 is 0 Å². The molecule has 0 saturated heterocycles. The third-order valence-electron chi connectivity index (χ3n) is 3.50. The van der Waals surface area contributed by atoms with Crippen molar-refractivity contribution in [3.8, 4) is 0 Å². The van der Waals surface area contributed by atoms with Crippen LogP contribution in [-0.4, -0.2) is 11.5 Å². The van der Waals surface area contributed by atoms with Crippen LogP contribution in [-0.2, 0) is 0 Å². The summed E-state index contributed by atoms with van der Waals surface area (Å²) in [5.74, 6) is -0.146. The van der Waals surface area contributed by atoms with Gasteiger partial charge in [0.2, 0.25) is 5.78 Å². The maximum Gasteiger partial charge on any atom is 0.205 e. The second-order valence-corrected chi connectivity index (χ2v) is 6.42. The lowest BCUT2D eigenvalue weighted by atomic mass is 9.94. The second-order valence-electron chi connectivity index (χ2n) is 5.20. The summed E-state index contributed by atoms with van der Waals surface area (Å²) in [7, 11) is 0. The molecule has 0 aliphatic heterocycles. The van der Waals surface area contributed by atoms with E-state index in [-0.39, 0.29) is 10.8 Å². The molecule has 4 heteroatoms. The van der Waals surface area contributed by atoms with Gasteiger partial charge in [-0.15, -0.1) is 0 Å². The van der Waals surface area contributed by atoms with Crippen LogP contribution in [0.5, 0.6) is 0 Å². The molecule has 0 saturated carbocycles. The molecule has 1 aliphatic rings. The SMILES string of the molecule is Cc1ccc(S/N=C2\C=C(Cl)C(=O)c3ccccc32)c(C)c1. The maximum absolute atomic E-state index is 12.1. The van der Waals surface area contributed by atoms with Crippen molar-refractivity contribution >= 4 is 35.0 Å². The van der Waals surface area contributed by atoms with E-state index in [0.717, 1.165) is 16.2 Å². The molecule has 0 spiro atoms. The van der Waals surface area contributed by atoms with Crippen LogP contribution in [0.3, 0.4) is 0 Å². The first-order valence-corrected chi connectivity index (χ1v) is 8.05. The molecule has 22 heavy (non-hydrogen) atoms. The molecule has 0 N–H and O–H groups in total. The molecule has 0 atom stereocenters. The molecule has 0 fully saturated rings. The minimum absolute atomic E-state index is 0.146. The molecule has 0 bridgehead atoms. The number of hydrogen-bond acceptors (Lipinski definition) is 3. The smallest absolute Gasteiger partial charge is 0.205 e. The Labute approximate surface area is 139 Å². The quantitative estimate of drug-likeness (QED) is 0.716. The maximum atomic E-state index is 12.1. The van der Waals surface area contributed by atoms with Crippen LogP contribution in [0.25, 0.3) is 0 Å². The summed E-state index contributed by atoms with van der Waals surface area (Å²) in [5, 5.41) is 0.207. The first-order valence-electron chi connectivity index (χ1n) is 6.90. The monoisotopic (exact) mass is 327 g/mol. The predicted octanol–water partition coefficient (Wildman–Crippen LogP) is 5.12. The number of fused-ring (bicyclic) bond motifs is 1. The van der Waals surface area contributed by atoms with Gasteiger partial charge in [-0.25, -0.2) is 4.40 Å². The number of aryl methyl sites for hydroxylation is 2. The van der Waals surface area contributed by atoms with E-state index in [1.807, 2.05) is 18.2 Å². The first-order chi connectivity index (χ1) is 10.6. The number of ketones is 1. The molecule has 0 heterocycles. The highest BCUT2D eigenvalue weighted by Gasteiger charge is 2.22. The van der Waals surface area contributed by atoms with Gasteiger partial charge in [0, 0.05) is 28.0 Å². The van der Waals surface area contributed by atoms with Gasteiger partial charge in [0.15, 0.2) is 0 Å². The minimum atomic E-state index is -0.146. The summed E-state index contributed by atoms with van der Waals surface area (Å²) in [4.78, 5) is 13.2. The Morgan fingerprint density at radius 3 is 2.50 bits per heavy atom. The van der Waals surface area contributed by atoms with Crippen molar-refractivity contribution in [2.24, 2.45) is 4.40 Å². The molecule has 0 unspecified atom stereocenters. The van der Waals surface area contributed by atoms with Crippen molar-refractivity contribution in [2.75, 3.05) is 0 Å². The summed E-state index contributed by atoms with van der Waals surface area (Å²) in [5.41, 5.74) is 4.57. The highest BCUT2D eigenvalue weighted by atomic mass is 35.5. The Hall–Kier alpha value is -1.84. The second kappa shape index (κ2) is 6.11. The average molecular weight is 328 g/mol. The van der Waals surface area contributed by atoms with Gasteiger partial charge in [0.05, 0.1) is 10.7 Å². The highest BCUT2D eigenvalue weighted by Crippen LogP contribution is 2.29. The third-order valence-corrected chi connectivity index (χ3v) is 4.72. The van der Waals surface area contributed by atoms with Gasteiger partial charge in [0.25, 0.3) is 0 Å². The fourth-order valence-electron chi connectivity index (χ4n) is 2.37. The van der Waals surface area contributed by atoms with Crippen LogP contribution in [0.4, 0.5) is 0 Å². The van der Waals surface area contributed by atoms with Gasteiger partial charge in [-0.05, 0) is 31.6 Å². The van der Waals surface area contributed by atoms with Crippen LogP contribution < -0.4 is 0 Å². The number of halogens is 1. The van der Waals surface area contributed by atoms with Crippen LogP contribution in [0.2, 0.25) is 0 Å². The number of nitrogens with zero attached hydrogens (tertiary/aromatic N) is 1. The van der Waals surface area contributed by atoms with E-state index in [0.29, 0.717) is 5.56 Å². The molecule has 0 amide bonds. The lowest BCUT2D eigenvalue weighted by molar-refractivity contribution is 0.104. The van der Waals surface area contributed by atoms with Crippen molar-refractivity contribution in [1.82, 2.24) is 0 Å². The highest BCUT2D eigenvalue weighted by molar-refractivity contribution is 7.98. The van der Waals surface area contributed by atoms with Crippen LogP contribution >= 0.6 is 23.5 Å². The largest absolute Gasteiger partial charge is 0.288 e. The molecule has 0 aromatic heterocycles. The number of rotatable bonds is 2. The molecule has 2 nitrogen and oxygen atoms in total. The number of Topliss-reactive ketones (excluding diaryl/α,β-unsaturated/α-hetero) is 1. The van der Waals surface area contributed by atoms with E-state index < -0.39 is 0 Å². The van der Waals surface area contributed by atoms with E-state index in [4.69, 9.17) is 11.6 Å². The van der Waals surface area contributed by atoms with Crippen LogP contribution in [0.1, 0.15) is 27.0 Å². The number of allylic oxidation sites excluding steroid dienone is 2. The topological polar surface area (TPSA) is 29.4 Å². The van der Waals surface area contributed by atoms with Crippen molar-refractivity contribution in [1.29, 1.82) is 0 Å². The molecule has 0 radical (unpaired) electrons. The van der Waals surface area contributed by atoms with E-state index in [1.165, 1.54) is 23.1 Å². The van der Waals surface area contributed by atoms with Crippen LogP contribution in [0.15, 0.2) is 62.9 Å². The van der Waals surface area contributed by atoms with Gasteiger partial charge in [0.1, 0.15) is 0 Å². The van der Waals surface area contributed by atoms with E-state index >= 15 is 0 Å². The zero-order valence-electron chi connectivity index (χ0n) is 12.3. The Kier molecular flexibility index (Phi) is 4.19. The number of carbonyl (C=O) groups excluding carboxylic acids is 1. The fraction of sp³-hybridized carbons (Fsp3) is 0.111. The summed E-state index contributed by atoms with van der Waals surface area (Å²) in [6.45, 7) is 4.13. The number of benzene rings is 2. The minimum Gasteiger partial charge on any atom is -0.288 e. The summed E-state index contributed by atoms with van der Waals surface area (Å²) in [6.07, 6.45) is 1.64. The first kappa shape index (κ1) is 15.1. The third kappa shape index (κ3) is 2.87. The van der Waals surface area contributed by atoms with E-state index in [9.17, 15) is 4.79 Å². The molecule has 3 rings (SSSR count). The Morgan fingerprint density at radius 1 is 1.05 bits per heavy atom. The van der Waals surface area contributed by atoms with Crippen molar-refractivity contribution < 1.29 is 4.79 Å². The van der Waals surface area contributed by atoms with Crippen molar-refractivity contribution in [3.05, 3.63) is 75.8 Å². The fourth-order valence-corrected chi connectivity index (χ4v) is 3.26. The summed E-state index contributed by atoms with van der Waals surface area (Å²) in [6, 6.07) is 13.7. The van der Waals surface area contributed by atoms with Crippen molar-refractivity contribution in [3.63, 3.8) is 0 Å². The average Bonchev–Trinajstić information content (AvgIpc) is 2.51. The van der Waals surface area contributed by atoms with E-state index in [2.05, 4.69) is 36.4 Å². The normalized spacial score (nSPS) is 15.7. The Balaban J connectivity index is 1.98. The standard InChI is InChI=1S/C18H14ClNOS/c1-11-7-8-17(12(2)9-11)22-20-16-10-15(19)18(21)14-6-4-3-5-13(14)16/h3-10H,1-2H3/b20-16+. The predicted molar refractivity (Wildman–Crippen MR) is 93.0 cm³/mol. The lowest BCUT2D eigenvalue weighted by Crippen LogP contribution is -2.14.